The van der Waals surface area contributed by atoms with Crippen LogP contribution in [0.25, 0.3) is 22.1 Å². The van der Waals surface area contributed by atoms with Crippen molar-refractivity contribution in [1.29, 1.82) is 0 Å². The van der Waals surface area contributed by atoms with Gasteiger partial charge in [0.15, 0.2) is 0 Å². The van der Waals surface area contributed by atoms with Gasteiger partial charge in [-0.1, -0.05) is 54.6 Å². The molecule has 0 radical (unpaired) electrons. The van der Waals surface area contributed by atoms with Gasteiger partial charge in [-0.05, 0) is 83.4 Å². The van der Waals surface area contributed by atoms with Crippen LogP contribution in [0, 0.1) is 0 Å². The first-order valence-corrected chi connectivity index (χ1v) is 19.6. The molecule has 7 rings (SSSR count). The Balaban J connectivity index is 0.00000331. The maximum atomic E-state index is 13.6. The van der Waals surface area contributed by atoms with E-state index >= 15 is 0 Å². The van der Waals surface area contributed by atoms with Crippen molar-refractivity contribution >= 4 is 77.0 Å². The molecule has 0 fully saturated rings. The molecule has 288 valence electrons. The van der Waals surface area contributed by atoms with Gasteiger partial charge in [0.1, 0.15) is 43.2 Å². The van der Waals surface area contributed by atoms with Crippen LogP contribution in [0.2, 0.25) is 0 Å². The molecule has 3 N–H and O–H groups in total. The molecule has 0 atom stereocenters. The van der Waals surface area contributed by atoms with Crippen molar-refractivity contribution in [1.82, 2.24) is 0 Å². The van der Waals surface area contributed by atoms with Crippen molar-refractivity contribution in [3.8, 4) is 22.6 Å². The first kappa shape index (κ1) is 45.2. The number of anilines is 4. The fourth-order valence-electron chi connectivity index (χ4n) is 6.15. The smallest absolute Gasteiger partial charge is 0.744 e. The van der Waals surface area contributed by atoms with Crippen LogP contribution < -0.4 is 84.8 Å². The number of hydrogen-bond donors (Lipinski definition) is 3. The number of ketones is 2. The van der Waals surface area contributed by atoms with Crippen LogP contribution in [0.3, 0.4) is 0 Å². The number of hydrogen-bond acceptors (Lipinski definition) is 15. The van der Waals surface area contributed by atoms with E-state index in [2.05, 4.69) is 26.4 Å². The molecule has 59 heavy (non-hydrogen) atoms. The monoisotopic (exact) mass is 849 g/mol. The molecule has 0 saturated heterocycles. The van der Waals surface area contributed by atoms with Gasteiger partial charge in [-0.3, -0.25) is 20.4 Å². The van der Waals surface area contributed by atoms with Crippen molar-refractivity contribution in [2.24, 2.45) is 10.2 Å². The third-order valence-electron chi connectivity index (χ3n) is 8.89. The SMILES string of the molecule is COc1cc(-c2ccc(NN=C3C(=O)c4ccc(Nc5ccccc5)cc4C=C3S(=O)(=O)[O-])c(OC)c2)ccc1NN=C1C=C(S(=O)(=O)[O-])c2ccccc2C1=O.[Na+].[Na+]. The molecule has 0 saturated carbocycles. The third kappa shape index (κ3) is 9.77. The molecule has 19 heteroatoms. The Kier molecular flexibility index (Phi) is 14.2. The van der Waals surface area contributed by atoms with Gasteiger partial charge >= 0.3 is 59.1 Å². The molecule has 2 aliphatic rings. The van der Waals surface area contributed by atoms with Gasteiger partial charge in [-0.2, -0.15) is 10.2 Å². The van der Waals surface area contributed by atoms with Crippen LogP contribution in [0.5, 0.6) is 11.5 Å². The van der Waals surface area contributed by atoms with Crippen molar-refractivity contribution in [3.05, 3.63) is 142 Å². The minimum absolute atomic E-state index is 0. The van der Waals surface area contributed by atoms with Gasteiger partial charge in [0.05, 0.1) is 35.4 Å². The van der Waals surface area contributed by atoms with Gasteiger partial charge in [0.25, 0.3) is 0 Å². The number of hydrazone groups is 2. The van der Waals surface area contributed by atoms with Gasteiger partial charge in [0, 0.05) is 28.1 Å². The summed E-state index contributed by atoms with van der Waals surface area (Å²) in [6.45, 7) is 0. The number of fused-ring (bicyclic) bond motifs is 2. The molecule has 0 aliphatic heterocycles. The topological polar surface area (TPSA) is 228 Å². The summed E-state index contributed by atoms with van der Waals surface area (Å²) < 4.78 is 84.2. The zero-order chi connectivity index (χ0) is 40.5. The molecular weight excluding hydrogens is 821 g/mol. The molecule has 0 bridgehead atoms. The van der Waals surface area contributed by atoms with E-state index < -0.39 is 47.3 Å². The van der Waals surface area contributed by atoms with Crippen molar-refractivity contribution in [2.75, 3.05) is 30.4 Å². The predicted molar refractivity (Wildman–Crippen MR) is 214 cm³/mol. The number of para-hydroxylation sites is 1. The Morgan fingerprint density at radius 1 is 0.559 bits per heavy atom. The number of nitrogens with zero attached hydrogens (tertiary/aromatic N) is 2. The van der Waals surface area contributed by atoms with E-state index in [9.17, 15) is 35.5 Å². The number of ether oxygens (including phenoxy) is 2. The summed E-state index contributed by atoms with van der Waals surface area (Å²) in [5.74, 6) is -0.831. The number of methoxy groups -OCH3 is 2. The number of allylic oxidation sites excluding steroid dienone is 2. The molecule has 0 heterocycles. The Bertz CT molecular complexity index is 2850. The first-order chi connectivity index (χ1) is 27.2. The Hall–Kier alpha value is -4.92. The number of carbonyl (C=O) groups is 2. The zero-order valence-corrected chi connectivity index (χ0v) is 37.5. The average Bonchev–Trinajstić information content (AvgIpc) is 3.19. The van der Waals surface area contributed by atoms with Gasteiger partial charge < -0.3 is 23.9 Å². The number of benzene rings is 5. The number of carbonyl (C=O) groups excluding carboxylic acids is 2. The normalized spacial score (nSPS) is 14.8. The maximum absolute atomic E-state index is 13.6. The summed E-state index contributed by atoms with van der Waals surface area (Å²) in [5.41, 5.74) is 8.02. The van der Waals surface area contributed by atoms with Crippen molar-refractivity contribution in [3.63, 3.8) is 0 Å². The van der Waals surface area contributed by atoms with Crippen LogP contribution in [0.15, 0.2) is 130 Å². The van der Waals surface area contributed by atoms with Crippen LogP contribution in [0.1, 0.15) is 31.8 Å². The fraction of sp³-hybridized carbons (Fsp3) is 0.0500. The standard InChI is InChI=1S/C40H31N5O10S2.2Na/c1-54-34-19-23(12-16-31(34)42-44-33-22-36(56(48,49)50)29-10-6-7-11-30(29)39(33)46)24-13-17-32(35(20-24)55-2)43-45-38-37(57(51,52)53)21-25-18-27(14-15-28(25)40(38)47)41-26-8-4-3-5-9-26;;/h3-22,41-43H,1-2H3,(H,48,49,50)(H,51,52,53);;/q;2*+1/p-2. The number of Topliss-reactive ketones (excluding diaryl/α,β-unsaturated/α-hetero) is 2. The van der Waals surface area contributed by atoms with Gasteiger partial charge in [-0.25, -0.2) is 16.8 Å². The molecule has 5 aromatic rings. The van der Waals surface area contributed by atoms with Crippen LogP contribution in [0.4, 0.5) is 22.7 Å². The van der Waals surface area contributed by atoms with E-state index in [0.29, 0.717) is 22.5 Å². The van der Waals surface area contributed by atoms with Crippen LogP contribution in [-0.2, 0) is 20.2 Å². The minimum Gasteiger partial charge on any atom is -0.744 e. The second kappa shape index (κ2) is 18.6. The number of nitrogens with one attached hydrogen (secondary N) is 3. The summed E-state index contributed by atoms with van der Waals surface area (Å²) in [4.78, 5) is 25.3. The summed E-state index contributed by atoms with van der Waals surface area (Å²) in [6.07, 6.45) is 2.04. The number of rotatable bonds is 11. The summed E-state index contributed by atoms with van der Waals surface area (Å²) in [5, 5.41) is 11.3. The van der Waals surface area contributed by atoms with Crippen LogP contribution in [-0.4, -0.2) is 63.2 Å². The van der Waals surface area contributed by atoms with E-state index in [1.54, 1.807) is 54.6 Å². The molecule has 0 aromatic heterocycles. The minimum atomic E-state index is -5.14. The predicted octanol–water partition coefficient (Wildman–Crippen LogP) is 0.223. The van der Waals surface area contributed by atoms with Crippen LogP contribution >= 0.6 is 0 Å². The largest absolute Gasteiger partial charge is 1.00 e. The summed E-state index contributed by atoms with van der Waals surface area (Å²) in [7, 11) is -7.27. The second-order valence-corrected chi connectivity index (χ2v) is 15.1. The van der Waals surface area contributed by atoms with Gasteiger partial charge in [0.2, 0.25) is 11.6 Å². The van der Waals surface area contributed by atoms with E-state index in [1.807, 2.05) is 30.3 Å². The Morgan fingerprint density at radius 3 is 1.69 bits per heavy atom. The molecule has 0 unspecified atom stereocenters. The molecule has 2 aliphatic carbocycles. The summed E-state index contributed by atoms with van der Waals surface area (Å²) >= 11 is 0. The zero-order valence-electron chi connectivity index (χ0n) is 31.8. The van der Waals surface area contributed by atoms with Crippen molar-refractivity contribution in [2.45, 2.75) is 0 Å². The molecule has 0 amide bonds. The van der Waals surface area contributed by atoms with E-state index in [1.165, 1.54) is 38.5 Å². The first-order valence-electron chi connectivity index (χ1n) is 16.8. The Labute approximate surface area is 383 Å². The van der Waals surface area contributed by atoms with E-state index in [4.69, 9.17) is 9.47 Å². The molecule has 15 nitrogen and oxygen atoms in total. The summed E-state index contributed by atoms with van der Waals surface area (Å²) in [6, 6.07) is 29.6. The quantitative estimate of drug-likeness (QED) is 0.0920. The molecular formula is C40H29N5Na2O10S2. The maximum Gasteiger partial charge on any atom is 1.00 e. The van der Waals surface area contributed by atoms with E-state index in [0.717, 1.165) is 17.8 Å². The second-order valence-electron chi connectivity index (χ2n) is 12.4. The Morgan fingerprint density at radius 2 is 1.12 bits per heavy atom. The molecule has 0 spiro atoms. The fourth-order valence-corrected chi connectivity index (χ4v) is 7.50. The average molecular weight is 850 g/mol. The van der Waals surface area contributed by atoms with E-state index in [-0.39, 0.29) is 104 Å². The molecule has 5 aromatic carbocycles. The van der Waals surface area contributed by atoms with Gasteiger partial charge in [-0.15, -0.1) is 0 Å². The third-order valence-corrected chi connectivity index (χ3v) is 10.6. The van der Waals surface area contributed by atoms with Crippen molar-refractivity contribution < 1.29 is 104 Å².